The molecule has 0 N–H and O–H groups in total. The van der Waals surface area contributed by atoms with E-state index in [0.29, 0.717) is 24.0 Å². The first-order valence-corrected chi connectivity index (χ1v) is 10.5. The lowest BCUT2D eigenvalue weighted by atomic mass is 10.1. The van der Waals surface area contributed by atoms with Crippen LogP contribution < -0.4 is 9.64 Å². The minimum atomic E-state index is -0.529. The van der Waals surface area contributed by atoms with Crippen molar-refractivity contribution in [3.63, 3.8) is 0 Å². The molecule has 10 heteroatoms. The summed E-state index contributed by atoms with van der Waals surface area (Å²) < 4.78 is 6.17. The lowest BCUT2D eigenvalue weighted by molar-refractivity contribution is -0.385. The van der Waals surface area contributed by atoms with E-state index in [9.17, 15) is 14.9 Å². The van der Waals surface area contributed by atoms with Gasteiger partial charge < -0.3 is 9.64 Å². The Morgan fingerprint density at radius 2 is 1.87 bits per heavy atom. The number of amides is 1. The molecule has 0 fully saturated rings. The molecule has 0 aliphatic carbocycles. The standard InChI is InChI=1S/C21H24N4O4S.ClH/c1-4-23(5-2)12-13-24(20(26)16-8-6-7-9-18(16)25(27)28)21-22-17-14-15(29-3)10-11-19(17)30-21;/h6-11,14H,4-5,12-13H2,1-3H3;1H. The Labute approximate surface area is 191 Å². The maximum Gasteiger partial charge on any atom is 0.282 e. The van der Waals surface area contributed by atoms with Crippen LogP contribution >= 0.6 is 23.7 Å². The van der Waals surface area contributed by atoms with E-state index in [1.807, 2.05) is 18.2 Å². The second-order valence-electron chi connectivity index (χ2n) is 6.59. The topological polar surface area (TPSA) is 88.8 Å². The first-order valence-electron chi connectivity index (χ1n) is 9.70. The highest BCUT2D eigenvalue weighted by Crippen LogP contribution is 2.32. The molecule has 2 aromatic carbocycles. The normalized spacial score (nSPS) is 10.7. The van der Waals surface area contributed by atoms with Crippen LogP contribution in [0.3, 0.4) is 0 Å². The highest BCUT2D eigenvalue weighted by atomic mass is 35.5. The van der Waals surface area contributed by atoms with Crippen LogP contribution in [-0.2, 0) is 0 Å². The average molecular weight is 465 g/mol. The van der Waals surface area contributed by atoms with Gasteiger partial charge in [0.25, 0.3) is 11.6 Å². The molecule has 0 aliphatic heterocycles. The molecule has 1 amide bonds. The Balaban J connectivity index is 0.00000341. The van der Waals surface area contributed by atoms with E-state index in [1.54, 1.807) is 19.2 Å². The summed E-state index contributed by atoms with van der Waals surface area (Å²) in [7, 11) is 1.59. The zero-order valence-electron chi connectivity index (χ0n) is 17.6. The van der Waals surface area contributed by atoms with Gasteiger partial charge in [0, 0.05) is 25.2 Å². The molecule has 3 aromatic rings. The van der Waals surface area contributed by atoms with Crippen LogP contribution in [0.1, 0.15) is 24.2 Å². The van der Waals surface area contributed by atoms with E-state index in [2.05, 4.69) is 23.7 Å². The number of hydrogen-bond donors (Lipinski definition) is 0. The van der Waals surface area contributed by atoms with E-state index >= 15 is 0 Å². The molecule has 0 unspecified atom stereocenters. The minimum Gasteiger partial charge on any atom is -0.497 e. The molecule has 1 aromatic heterocycles. The van der Waals surface area contributed by atoms with Crippen molar-refractivity contribution >= 4 is 50.7 Å². The van der Waals surface area contributed by atoms with E-state index < -0.39 is 10.8 Å². The quantitative estimate of drug-likeness (QED) is 0.339. The van der Waals surface area contributed by atoms with Gasteiger partial charge in [-0.3, -0.25) is 19.8 Å². The number of para-hydroxylation sites is 1. The molecule has 1 heterocycles. The van der Waals surface area contributed by atoms with Crippen LogP contribution in [0.15, 0.2) is 42.5 Å². The van der Waals surface area contributed by atoms with Crippen LogP contribution in [0.2, 0.25) is 0 Å². The summed E-state index contributed by atoms with van der Waals surface area (Å²) in [5, 5.41) is 12.0. The first kappa shape index (κ1) is 24.5. The fourth-order valence-corrected chi connectivity index (χ4v) is 4.13. The first-order chi connectivity index (χ1) is 14.5. The van der Waals surface area contributed by atoms with Gasteiger partial charge in [0.2, 0.25) is 0 Å². The van der Waals surface area contributed by atoms with Crippen molar-refractivity contribution in [1.29, 1.82) is 0 Å². The number of anilines is 1. The molecule has 166 valence electrons. The SMILES string of the molecule is CCN(CC)CCN(C(=O)c1ccccc1[N+](=O)[O-])c1nc2cc(OC)ccc2s1.Cl. The lowest BCUT2D eigenvalue weighted by Gasteiger charge is -2.24. The number of nitro benzene ring substituents is 1. The third-order valence-electron chi connectivity index (χ3n) is 4.92. The molecule has 0 radical (unpaired) electrons. The number of likely N-dealkylation sites (N-methyl/N-ethyl adjacent to an activating group) is 1. The largest absolute Gasteiger partial charge is 0.497 e. The molecular formula is C21H25ClN4O4S. The highest BCUT2D eigenvalue weighted by Gasteiger charge is 2.27. The zero-order valence-corrected chi connectivity index (χ0v) is 19.2. The molecule has 3 rings (SSSR count). The number of aromatic nitrogens is 1. The summed E-state index contributed by atoms with van der Waals surface area (Å²) in [6.07, 6.45) is 0. The summed E-state index contributed by atoms with van der Waals surface area (Å²) in [4.78, 5) is 32.7. The summed E-state index contributed by atoms with van der Waals surface area (Å²) in [5.74, 6) is 0.250. The van der Waals surface area contributed by atoms with Crippen molar-refractivity contribution < 1.29 is 14.5 Å². The Kier molecular flexibility index (Phi) is 8.73. The number of carbonyl (C=O) groups is 1. The molecule has 0 aliphatic rings. The number of rotatable bonds is 9. The van der Waals surface area contributed by atoms with Crippen LogP contribution in [0.5, 0.6) is 5.75 Å². The van der Waals surface area contributed by atoms with E-state index in [1.165, 1.54) is 28.4 Å². The van der Waals surface area contributed by atoms with Gasteiger partial charge >= 0.3 is 0 Å². The monoisotopic (exact) mass is 464 g/mol. The average Bonchev–Trinajstić information content (AvgIpc) is 3.19. The van der Waals surface area contributed by atoms with Gasteiger partial charge in [-0.2, -0.15) is 0 Å². The van der Waals surface area contributed by atoms with E-state index in [-0.39, 0.29) is 23.7 Å². The fourth-order valence-electron chi connectivity index (χ4n) is 3.16. The number of carbonyl (C=O) groups excluding carboxylic acids is 1. The van der Waals surface area contributed by atoms with E-state index in [0.717, 1.165) is 23.3 Å². The summed E-state index contributed by atoms with van der Waals surface area (Å²) >= 11 is 1.38. The zero-order chi connectivity index (χ0) is 21.7. The van der Waals surface area contributed by atoms with Crippen LogP contribution in [0.4, 0.5) is 10.8 Å². The molecular weight excluding hydrogens is 440 g/mol. The van der Waals surface area contributed by atoms with E-state index in [4.69, 9.17) is 4.74 Å². The van der Waals surface area contributed by atoms with Crippen molar-refractivity contribution in [1.82, 2.24) is 9.88 Å². The number of halogens is 1. The van der Waals surface area contributed by atoms with Gasteiger partial charge in [0.05, 0.1) is 22.2 Å². The predicted molar refractivity (Wildman–Crippen MR) is 126 cm³/mol. The lowest BCUT2D eigenvalue weighted by Crippen LogP contribution is -2.39. The van der Waals surface area contributed by atoms with Gasteiger partial charge in [0.15, 0.2) is 5.13 Å². The van der Waals surface area contributed by atoms with Crippen molar-refractivity contribution in [2.45, 2.75) is 13.8 Å². The number of methoxy groups -OCH3 is 1. The smallest absolute Gasteiger partial charge is 0.282 e. The molecule has 0 saturated carbocycles. The summed E-state index contributed by atoms with van der Waals surface area (Å²) in [5.41, 5.74) is 0.564. The third-order valence-corrected chi connectivity index (χ3v) is 5.98. The van der Waals surface area contributed by atoms with Crippen molar-refractivity contribution in [3.8, 4) is 5.75 Å². The second kappa shape index (κ2) is 11.0. The predicted octanol–water partition coefficient (Wildman–Crippen LogP) is 4.62. The van der Waals surface area contributed by atoms with Gasteiger partial charge in [-0.1, -0.05) is 37.3 Å². The van der Waals surface area contributed by atoms with Gasteiger partial charge in [-0.15, -0.1) is 12.4 Å². The molecule has 0 atom stereocenters. The van der Waals surface area contributed by atoms with Gasteiger partial charge in [0.1, 0.15) is 11.3 Å². The Hall–Kier alpha value is -2.75. The molecule has 0 spiro atoms. The Morgan fingerprint density at radius 1 is 1.16 bits per heavy atom. The number of nitro groups is 1. The third kappa shape index (κ3) is 5.49. The van der Waals surface area contributed by atoms with Gasteiger partial charge in [-0.25, -0.2) is 4.98 Å². The van der Waals surface area contributed by atoms with Crippen LogP contribution in [-0.4, -0.2) is 54.0 Å². The number of hydrogen-bond acceptors (Lipinski definition) is 7. The molecule has 8 nitrogen and oxygen atoms in total. The van der Waals surface area contributed by atoms with Crippen LogP contribution in [0, 0.1) is 10.1 Å². The number of thiazole rings is 1. The number of ether oxygens (including phenoxy) is 1. The Morgan fingerprint density at radius 3 is 2.52 bits per heavy atom. The fraction of sp³-hybridized carbons (Fsp3) is 0.333. The number of fused-ring (bicyclic) bond motifs is 1. The van der Waals surface area contributed by atoms with Crippen molar-refractivity contribution in [2.75, 3.05) is 38.2 Å². The van der Waals surface area contributed by atoms with Gasteiger partial charge in [-0.05, 0) is 31.3 Å². The van der Waals surface area contributed by atoms with Crippen molar-refractivity contribution in [3.05, 3.63) is 58.1 Å². The second-order valence-corrected chi connectivity index (χ2v) is 7.60. The minimum absolute atomic E-state index is 0. The molecule has 31 heavy (non-hydrogen) atoms. The Bertz CT molecular complexity index is 1050. The van der Waals surface area contributed by atoms with Crippen molar-refractivity contribution in [2.24, 2.45) is 0 Å². The molecule has 0 saturated heterocycles. The summed E-state index contributed by atoms with van der Waals surface area (Å²) in [6, 6.07) is 11.6. The number of benzene rings is 2. The van der Waals surface area contributed by atoms with Crippen LogP contribution in [0.25, 0.3) is 10.2 Å². The summed E-state index contributed by atoms with van der Waals surface area (Å²) in [6.45, 7) is 6.83. The number of nitrogens with zero attached hydrogens (tertiary/aromatic N) is 4. The maximum absolute atomic E-state index is 13.4. The maximum atomic E-state index is 13.4. The highest BCUT2D eigenvalue weighted by molar-refractivity contribution is 7.22. The molecule has 0 bridgehead atoms.